The number of aliphatic imine (C=N–C) groups is 1. The third kappa shape index (κ3) is 5.08. The first-order valence-corrected chi connectivity index (χ1v) is 8.24. The Hall–Kier alpha value is -2.81. The van der Waals surface area contributed by atoms with Crippen LogP contribution in [0.5, 0.6) is 5.75 Å². The average molecular weight is 363 g/mol. The summed E-state index contributed by atoms with van der Waals surface area (Å²) in [5.41, 5.74) is 0.554. The Morgan fingerprint density at radius 2 is 2.04 bits per heavy atom. The summed E-state index contributed by atoms with van der Waals surface area (Å²) >= 11 is 1.14. The highest BCUT2D eigenvalue weighted by Crippen LogP contribution is 2.31. The van der Waals surface area contributed by atoms with Crippen LogP contribution in [0.25, 0.3) is 0 Å². The number of carbonyl (C=O) groups is 3. The molecular weight excluding hydrogens is 346 g/mol. The van der Waals surface area contributed by atoms with Crippen LogP contribution in [0, 0.1) is 0 Å². The molecular formula is C16H17N3O5S. The lowest BCUT2D eigenvalue weighted by molar-refractivity contribution is -0.138. The van der Waals surface area contributed by atoms with Crippen molar-refractivity contribution in [2.45, 2.75) is 11.7 Å². The number of carboxylic acids is 1. The predicted octanol–water partition coefficient (Wildman–Crippen LogP) is 1.10. The summed E-state index contributed by atoms with van der Waals surface area (Å²) < 4.78 is 0. The number of phenolic OH excluding ortho intramolecular Hbond substituents is 1. The zero-order valence-electron chi connectivity index (χ0n) is 13.2. The second kappa shape index (κ2) is 8.34. The van der Waals surface area contributed by atoms with Gasteiger partial charge in [0, 0.05) is 13.0 Å². The van der Waals surface area contributed by atoms with Gasteiger partial charge < -0.3 is 15.5 Å². The standard InChI is InChI=1S/C16H17N3O5S/c1-2-7-19-15(24)12(8-13(21)17-9-14(22)23)25-16(19)18-10-3-5-11(20)6-4-10/h2-6,12,20H,1,7-9H2,(H,17,21)(H,22,23). The fourth-order valence-electron chi connectivity index (χ4n) is 2.07. The molecule has 0 radical (unpaired) electrons. The van der Waals surface area contributed by atoms with Gasteiger partial charge in [-0.05, 0) is 24.3 Å². The summed E-state index contributed by atoms with van der Waals surface area (Å²) in [6.07, 6.45) is 1.41. The van der Waals surface area contributed by atoms with Gasteiger partial charge in [0.25, 0.3) is 0 Å². The molecule has 9 heteroatoms. The van der Waals surface area contributed by atoms with Crippen LogP contribution in [0.2, 0.25) is 0 Å². The minimum Gasteiger partial charge on any atom is -0.508 e. The molecule has 1 aromatic carbocycles. The molecule has 1 saturated heterocycles. The Labute approximate surface area is 148 Å². The number of thioether (sulfide) groups is 1. The molecule has 0 aromatic heterocycles. The molecule has 1 aliphatic heterocycles. The molecule has 2 amide bonds. The lowest BCUT2D eigenvalue weighted by Crippen LogP contribution is -2.36. The summed E-state index contributed by atoms with van der Waals surface area (Å²) in [7, 11) is 0. The number of amidine groups is 1. The molecule has 3 N–H and O–H groups in total. The van der Waals surface area contributed by atoms with Gasteiger partial charge in [-0.3, -0.25) is 19.3 Å². The number of rotatable bonds is 7. The number of carboxylic acid groups (broad SMARTS) is 1. The average Bonchev–Trinajstić information content (AvgIpc) is 2.84. The van der Waals surface area contributed by atoms with Crippen molar-refractivity contribution in [3.8, 4) is 5.75 Å². The molecule has 0 spiro atoms. The van der Waals surface area contributed by atoms with Crippen molar-refractivity contribution in [2.24, 2.45) is 4.99 Å². The van der Waals surface area contributed by atoms with Gasteiger partial charge in [0.15, 0.2) is 5.17 Å². The van der Waals surface area contributed by atoms with Crippen molar-refractivity contribution in [2.75, 3.05) is 13.1 Å². The van der Waals surface area contributed by atoms with Crippen molar-refractivity contribution >= 4 is 40.4 Å². The van der Waals surface area contributed by atoms with E-state index in [2.05, 4.69) is 16.9 Å². The van der Waals surface area contributed by atoms with Crippen LogP contribution >= 0.6 is 11.8 Å². The Morgan fingerprint density at radius 3 is 2.64 bits per heavy atom. The number of aliphatic carboxylic acids is 1. The molecule has 1 heterocycles. The largest absolute Gasteiger partial charge is 0.508 e. The molecule has 0 aliphatic carbocycles. The van der Waals surface area contributed by atoms with Gasteiger partial charge >= 0.3 is 5.97 Å². The quantitative estimate of drug-likeness (QED) is 0.624. The van der Waals surface area contributed by atoms with Crippen LogP contribution in [0.15, 0.2) is 41.9 Å². The van der Waals surface area contributed by atoms with E-state index in [1.165, 1.54) is 17.0 Å². The lowest BCUT2D eigenvalue weighted by atomic mass is 10.2. The van der Waals surface area contributed by atoms with Gasteiger partial charge in [-0.25, -0.2) is 4.99 Å². The number of phenols is 1. The maximum absolute atomic E-state index is 12.5. The number of nitrogens with one attached hydrogen (secondary N) is 1. The molecule has 132 valence electrons. The van der Waals surface area contributed by atoms with Gasteiger partial charge in [-0.1, -0.05) is 17.8 Å². The molecule has 2 rings (SSSR count). The van der Waals surface area contributed by atoms with Gasteiger partial charge in [0.05, 0.1) is 5.69 Å². The highest BCUT2D eigenvalue weighted by molar-refractivity contribution is 8.15. The van der Waals surface area contributed by atoms with Crippen molar-refractivity contribution in [1.29, 1.82) is 0 Å². The number of aromatic hydroxyl groups is 1. The molecule has 1 aliphatic rings. The number of nitrogens with zero attached hydrogens (tertiary/aromatic N) is 2. The summed E-state index contributed by atoms with van der Waals surface area (Å²) in [5.74, 6) is -1.85. The third-order valence-corrected chi connectivity index (χ3v) is 4.39. The van der Waals surface area contributed by atoms with E-state index in [0.29, 0.717) is 10.9 Å². The lowest BCUT2D eigenvalue weighted by Gasteiger charge is -2.13. The van der Waals surface area contributed by atoms with E-state index in [1.807, 2.05) is 0 Å². The summed E-state index contributed by atoms with van der Waals surface area (Å²) in [6, 6.07) is 6.17. The molecule has 1 aromatic rings. The van der Waals surface area contributed by atoms with Crippen LogP contribution in [0.1, 0.15) is 6.42 Å². The van der Waals surface area contributed by atoms with E-state index in [0.717, 1.165) is 11.8 Å². The highest BCUT2D eigenvalue weighted by atomic mass is 32.2. The molecule has 8 nitrogen and oxygen atoms in total. The first kappa shape index (κ1) is 18.5. The first-order chi connectivity index (χ1) is 11.9. The van der Waals surface area contributed by atoms with Gasteiger partial charge in [-0.15, -0.1) is 6.58 Å². The molecule has 25 heavy (non-hydrogen) atoms. The summed E-state index contributed by atoms with van der Waals surface area (Å²) in [6.45, 7) is 3.37. The van der Waals surface area contributed by atoms with E-state index >= 15 is 0 Å². The monoisotopic (exact) mass is 363 g/mol. The molecule has 0 saturated carbocycles. The molecule has 1 fully saturated rings. The van der Waals surface area contributed by atoms with E-state index < -0.39 is 23.7 Å². The Morgan fingerprint density at radius 1 is 1.36 bits per heavy atom. The SMILES string of the molecule is C=CCN1C(=O)C(CC(=O)NCC(=O)O)SC1=Nc1ccc(O)cc1. The third-order valence-electron chi connectivity index (χ3n) is 3.21. The summed E-state index contributed by atoms with van der Waals surface area (Å²) in [5, 5.41) is 19.9. The predicted molar refractivity (Wildman–Crippen MR) is 93.8 cm³/mol. The van der Waals surface area contributed by atoms with Crippen LogP contribution in [0.3, 0.4) is 0 Å². The van der Waals surface area contributed by atoms with Gasteiger partial charge in [-0.2, -0.15) is 0 Å². The fourth-order valence-corrected chi connectivity index (χ4v) is 3.24. The molecule has 1 atom stereocenters. The molecule has 1 unspecified atom stereocenters. The van der Waals surface area contributed by atoms with Crippen LogP contribution in [-0.4, -0.2) is 56.4 Å². The molecule has 0 bridgehead atoms. The van der Waals surface area contributed by atoms with Gasteiger partial charge in [0.1, 0.15) is 17.5 Å². The zero-order valence-corrected chi connectivity index (χ0v) is 14.0. The Balaban J connectivity index is 2.13. The highest BCUT2D eigenvalue weighted by Gasteiger charge is 2.38. The Bertz CT molecular complexity index is 717. The number of amides is 2. The summed E-state index contributed by atoms with van der Waals surface area (Å²) in [4.78, 5) is 40.5. The number of carbonyl (C=O) groups excluding carboxylic acids is 2. The van der Waals surface area contributed by atoms with E-state index in [9.17, 15) is 19.5 Å². The van der Waals surface area contributed by atoms with Crippen LogP contribution < -0.4 is 5.32 Å². The second-order valence-electron chi connectivity index (χ2n) is 5.13. The maximum atomic E-state index is 12.5. The van der Waals surface area contributed by atoms with Crippen molar-refractivity contribution in [3.05, 3.63) is 36.9 Å². The minimum atomic E-state index is -1.15. The van der Waals surface area contributed by atoms with Crippen molar-refractivity contribution in [1.82, 2.24) is 10.2 Å². The smallest absolute Gasteiger partial charge is 0.322 e. The maximum Gasteiger partial charge on any atom is 0.322 e. The number of benzene rings is 1. The van der Waals surface area contributed by atoms with E-state index in [-0.39, 0.29) is 24.6 Å². The van der Waals surface area contributed by atoms with Crippen molar-refractivity contribution < 1.29 is 24.6 Å². The first-order valence-electron chi connectivity index (χ1n) is 7.36. The fraction of sp³-hybridized carbons (Fsp3) is 0.250. The zero-order chi connectivity index (χ0) is 18.4. The Kier molecular flexibility index (Phi) is 6.18. The van der Waals surface area contributed by atoms with E-state index in [1.54, 1.807) is 18.2 Å². The number of hydrogen-bond acceptors (Lipinski definition) is 6. The van der Waals surface area contributed by atoms with Crippen LogP contribution in [-0.2, 0) is 14.4 Å². The number of hydrogen-bond donors (Lipinski definition) is 3. The van der Waals surface area contributed by atoms with Crippen LogP contribution in [0.4, 0.5) is 5.69 Å². The topological polar surface area (TPSA) is 119 Å². The van der Waals surface area contributed by atoms with Crippen molar-refractivity contribution in [3.63, 3.8) is 0 Å². The normalized spacial score (nSPS) is 18.4. The minimum absolute atomic E-state index is 0.107. The van der Waals surface area contributed by atoms with Gasteiger partial charge in [0.2, 0.25) is 11.8 Å². The van der Waals surface area contributed by atoms with E-state index in [4.69, 9.17) is 5.11 Å². The second-order valence-corrected chi connectivity index (χ2v) is 6.30.